The summed E-state index contributed by atoms with van der Waals surface area (Å²) >= 11 is 0. The Labute approximate surface area is 152 Å². The van der Waals surface area contributed by atoms with E-state index in [1.165, 1.54) is 0 Å². The van der Waals surface area contributed by atoms with Crippen LogP contribution in [0.15, 0.2) is 71.1 Å². The van der Waals surface area contributed by atoms with Crippen molar-refractivity contribution in [2.75, 3.05) is 0 Å². The van der Waals surface area contributed by atoms with Crippen LogP contribution in [0.3, 0.4) is 0 Å². The first-order valence-electron chi connectivity index (χ1n) is 8.33. The number of hydrazine groups is 1. The van der Waals surface area contributed by atoms with E-state index in [-0.39, 0.29) is 5.91 Å². The number of nitrogens with one attached hydrogen (secondary N) is 2. The van der Waals surface area contributed by atoms with E-state index in [2.05, 4.69) is 10.9 Å². The van der Waals surface area contributed by atoms with Crippen LogP contribution in [-0.2, 0) is 4.79 Å². The van der Waals surface area contributed by atoms with Crippen LogP contribution < -0.4 is 10.9 Å². The van der Waals surface area contributed by atoms with Crippen LogP contribution in [0.2, 0.25) is 0 Å². The van der Waals surface area contributed by atoms with Gasteiger partial charge in [0.1, 0.15) is 11.5 Å². The van der Waals surface area contributed by atoms with E-state index in [1.54, 1.807) is 19.9 Å². The second-order valence-electron chi connectivity index (χ2n) is 6.02. The lowest BCUT2D eigenvalue weighted by Crippen LogP contribution is -2.44. The highest BCUT2D eigenvalue weighted by Crippen LogP contribution is 2.24. The lowest BCUT2D eigenvalue weighted by atomic mass is 9.91. The maximum atomic E-state index is 12.8. The third-order valence-corrected chi connectivity index (χ3v) is 4.11. The zero-order chi connectivity index (χ0) is 18.5. The van der Waals surface area contributed by atoms with Crippen LogP contribution >= 0.6 is 0 Å². The summed E-state index contributed by atoms with van der Waals surface area (Å²) in [6, 6.07) is 20.5. The molecule has 2 N–H and O–H groups in total. The fraction of sp³-hybridized carbons (Fsp3) is 0.143. The molecule has 0 saturated carbocycles. The standard InChI is InChI=1S/C21H20N2O3/c1-14-13-18(15(2)26-14)20(24)22-23-21(25)19(16-9-5-3-6-10-16)17-11-7-4-8-12-17/h3-13,19H,1-2H3,(H,22,24)(H,23,25). The Morgan fingerprint density at radius 1 is 0.846 bits per heavy atom. The predicted molar refractivity (Wildman–Crippen MR) is 98.5 cm³/mol. The van der Waals surface area contributed by atoms with Gasteiger partial charge in [-0.25, -0.2) is 0 Å². The molecule has 3 rings (SSSR count). The fourth-order valence-corrected chi connectivity index (χ4v) is 2.90. The van der Waals surface area contributed by atoms with Gasteiger partial charge in [-0.15, -0.1) is 0 Å². The highest BCUT2D eigenvalue weighted by atomic mass is 16.3. The normalized spacial score (nSPS) is 10.6. The van der Waals surface area contributed by atoms with Crippen molar-refractivity contribution in [3.05, 3.63) is 94.9 Å². The van der Waals surface area contributed by atoms with E-state index < -0.39 is 11.8 Å². The van der Waals surface area contributed by atoms with Crippen LogP contribution in [0, 0.1) is 13.8 Å². The second kappa shape index (κ2) is 7.70. The van der Waals surface area contributed by atoms with E-state index in [0.717, 1.165) is 11.1 Å². The summed E-state index contributed by atoms with van der Waals surface area (Å²) in [5, 5.41) is 0. The van der Waals surface area contributed by atoms with E-state index in [0.29, 0.717) is 17.1 Å². The Kier molecular flexibility index (Phi) is 5.17. The molecule has 0 atom stereocenters. The zero-order valence-corrected chi connectivity index (χ0v) is 14.7. The number of carbonyl (C=O) groups is 2. The molecule has 0 spiro atoms. The summed E-state index contributed by atoms with van der Waals surface area (Å²) in [5.74, 6) is -0.0894. The summed E-state index contributed by atoms with van der Waals surface area (Å²) < 4.78 is 5.36. The molecule has 5 heteroatoms. The Hall–Kier alpha value is -3.34. The molecule has 0 radical (unpaired) electrons. The molecule has 0 fully saturated rings. The molecule has 5 nitrogen and oxygen atoms in total. The van der Waals surface area contributed by atoms with Crippen molar-refractivity contribution in [3.8, 4) is 0 Å². The molecule has 0 aliphatic heterocycles. The van der Waals surface area contributed by atoms with Gasteiger partial charge in [-0.2, -0.15) is 0 Å². The molecule has 0 saturated heterocycles. The molecule has 2 amide bonds. The minimum atomic E-state index is -0.523. The molecule has 132 valence electrons. The first-order chi connectivity index (χ1) is 12.6. The monoisotopic (exact) mass is 348 g/mol. The van der Waals surface area contributed by atoms with Crippen LogP contribution in [0.1, 0.15) is 38.9 Å². The third-order valence-electron chi connectivity index (χ3n) is 4.11. The Balaban J connectivity index is 1.78. The van der Waals surface area contributed by atoms with Crippen molar-refractivity contribution in [2.24, 2.45) is 0 Å². The maximum absolute atomic E-state index is 12.8. The molecule has 0 aliphatic carbocycles. The van der Waals surface area contributed by atoms with Gasteiger partial charge in [0.2, 0.25) is 5.91 Å². The summed E-state index contributed by atoms with van der Waals surface area (Å²) in [6.07, 6.45) is 0. The maximum Gasteiger partial charge on any atom is 0.273 e. The number of hydrogen-bond acceptors (Lipinski definition) is 3. The van der Waals surface area contributed by atoms with Gasteiger partial charge in [-0.1, -0.05) is 60.7 Å². The van der Waals surface area contributed by atoms with Gasteiger partial charge >= 0.3 is 0 Å². The number of carbonyl (C=O) groups excluding carboxylic acids is 2. The molecular formula is C21H20N2O3. The third kappa shape index (κ3) is 3.83. The minimum Gasteiger partial charge on any atom is -0.466 e. The van der Waals surface area contributed by atoms with Gasteiger partial charge in [0.25, 0.3) is 5.91 Å². The number of aryl methyl sites for hydroxylation is 2. The zero-order valence-electron chi connectivity index (χ0n) is 14.7. The largest absolute Gasteiger partial charge is 0.466 e. The molecule has 1 aromatic heterocycles. The quantitative estimate of drug-likeness (QED) is 0.709. The minimum absolute atomic E-state index is 0.311. The molecule has 0 bridgehead atoms. The highest BCUT2D eigenvalue weighted by molar-refractivity contribution is 5.97. The first kappa shape index (κ1) is 17.5. The van der Waals surface area contributed by atoms with Gasteiger partial charge < -0.3 is 4.42 Å². The Bertz CT molecular complexity index is 862. The number of amides is 2. The van der Waals surface area contributed by atoms with E-state index in [9.17, 15) is 9.59 Å². The topological polar surface area (TPSA) is 71.3 Å². The van der Waals surface area contributed by atoms with E-state index in [4.69, 9.17) is 4.42 Å². The number of benzene rings is 2. The van der Waals surface area contributed by atoms with Crippen molar-refractivity contribution < 1.29 is 14.0 Å². The lowest BCUT2D eigenvalue weighted by Gasteiger charge is -2.18. The molecule has 3 aromatic rings. The Morgan fingerprint density at radius 2 is 1.38 bits per heavy atom. The first-order valence-corrected chi connectivity index (χ1v) is 8.33. The van der Waals surface area contributed by atoms with Crippen molar-refractivity contribution in [3.63, 3.8) is 0 Å². The molecule has 0 unspecified atom stereocenters. The second-order valence-corrected chi connectivity index (χ2v) is 6.02. The van der Waals surface area contributed by atoms with Crippen molar-refractivity contribution >= 4 is 11.8 Å². The van der Waals surface area contributed by atoms with E-state index in [1.807, 2.05) is 60.7 Å². The van der Waals surface area contributed by atoms with Crippen LogP contribution in [0.5, 0.6) is 0 Å². The predicted octanol–water partition coefficient (Wildman–Crippen LogP) is 3.49. The number of hydrogen-bond donors (Lipinski definition) is 2. The summed E-state index contributed by atoms with van der Waals surface area (Å²) in [4.78, 5) is 25.1. The van der Waals surface area contributed by atoms with Crippen LogP contribution in [0.4, 0.5) is 0 Å². The van der Waals surface area contributed by atoms with Gasteiger partial charge in [0.15, 0.2) is 0 Å². The smallest absolute Gasteiger partial charge is 0.273 e. The van der Waals surface area contributed by atoms with Crippen molar-refractivity contribution in [1.82, 2.24) is 10.9 Å². The van der Waals surface area contributed by atoms with Gasteiger partial charge in [0.05, 0.1) is 11.5 Å². The summed E-state index contributed by atoms with van der Waals surface area (Å²) in [7, 11) is 0. The SMILES string of the molecule is Cc1cc(C(=O)NNC(=O)C(c2ccccc2)c2ccccc2)c(C)o1. The van der Waals surface area contributed by atoms with Crippen molar-refractivity contribution in [1.29, 1.82) is 0 Å². The summed E-state index contributed by atoms with van der Waals surface area (Å²) in [5.41, 5.74) is 7.11. The van der Waals surface area contributed by atoms with Gasteiger partial charge in [-0.05, 0) is 31.0 Å². The number of furan rings is 1. The van der Waals surface area contributed by atoms with Crippen LogP contribution in [0.25, 0.3) is 0 Å². The van der Waals surface area contributed by atoms with Crippen molar-refractivity contribution in [2.45, 2.75) is 19.8 Å². The summed E-state index contributed by atoms with van der Waals surface area (Å²) in [6.45, 7) is 3.48. The Morgan fingerprint density at radius 3 is 1.85 bits per heavy atom. The lowest BCUT2D eigenvalue weighted by molar-refractivity contribution is -0.122. The molecule has 2 aromatic carbocycles. The van der Waals surface area contributed by atoms with Gasteiger partial charge in [-0.3, -0.25) is 20.4 Å². The molecule has 26 heavy (non-hydrogen) atoms. The molecular weight excluding hydrogens is 328 g/mol. The average Bonchev–Trinajstić information content (AvgIpc) is 3.00. The fourth-order valence-electron chi connectivity index (χ4n) is 2.90. The van der Waals surface area contributed by atoms with Gasteiger partial charge in [0, 0.05) is 0 Å². The van der Waals surface area contributed by atoms with E-state index >= 15 is 0 Å². The molecule has 1 heterocycles. The number of rotatable bonds is 4. The highest BCUT2D eigenvalue weighted by Gasteiger charge is 2.23. The van der Waals surface area contributed by atoms with Crippen LogP contribution in [-0.4, -0.2) is 11.8 Å². The molecule has 0 aliphatic rings. The average molecular weight is 348 g/mol.